The highest BCUT2D eigenvalue weighted by molar-refractivity contribution is 5.70. The highest BCUT2D eigenvalue weighted by Crippen LogP contribution is 2.32. The molecule has 0 aromatic heterocycles. The maximum absolute atomic E-state index is 6.24. The molecular weight excluding hydrogens is 316 g/mol. The summed E-state index contributed by atoms with van der Waals surface area (Å²) in [7, 11) is 0. The molecule has 0 radical (unpaired) electrons. The summed E-state index contributed by atoms with van der Waals surface area (Å²) in [6.07, 6.45) is 10.8. The van der Waals surface area contributed by atoms with Gasteiger partial charge in [0.15, 0.2) is 0 Å². The fourth-order valence-electron chi connectivity index (χ4n) is 3.52. The molecule has 136 valence electrons. The summed E-state index contributed by atoms with van der Waals surface area (Å²) in [5, 5.41) is 0. The zero-order valence-electron chi connectivity index (χ0n) is 16.1. The predicted octanol–water partition coefficient (Wildman–Crippen LogP) is 7.21. The van der Waals surface area contributed by atoms with Crippen LogP contribution >= 0.6 is 0 Å². The van der Waals surface area contributed by atoms with Crippen molar-refractivity contribution < 1.29 is 4.74 Å². The summed E-state index contributed by atoms with van der Waals surface area (Å²) >= 11 is 0. The lowest BCUT2D eigenvalue weighted by Gasteiger charge is -2.23. The number of hydrogen-bond acceptors (Lipinski definition) is 1. The first-order valence-corrected chi connectivity index (χ1v) is 9.81. The summed E-state index contributed by atoms with van der Waals surface area (Å²) in [4.78, 5) is 0. The van der Waals surface area contributed by atoms with Crippen LogP contribution in [0.5, 0.6) is 5.75 Å². The van der Waals surface area contributed by atoms with Crippen molar-refractivity contribution in [3.8, 4) is 16.9 Å². The Morgan fingerprint density at radius 2 is 1.81 bits per heavy atom. The van der Waals surface area contributed by atoms with E-state index in [0.29, 0.717) is 5.92 Å². The molecule has 1 aliphatic rings. The van der Waals surface area contributed by atoms with Gasteiger partial charge in [-0.25, -0.2) is 0 Å². The molecule has 3 rings (SSSR count). The van der Waals surface area contributed by atoms with Crippen molar-refractivity contribution in [3.63, 3.8) is 0 Å². The molecule has 0 bridgehead atoms. The van der Waals surface area contributed by atoms with Crippen molar-refractivity contribution in [3.05, 3.63) is 77.9 Å². The third kappa shape index (κ3) is 5.36. The van der Waals surface area contributed by atoms with Crippen molar-refractivity contribution in [1.82, 2.24) is 0 Å². The van der Waals surface area contributed by atoms with Crippen LogP contribution in [0.15, 0.2) is 77.9 Å². The van der Waals surface area contributed by atoms with Gasteiger partial charge in [-0.05, 0) is 63.5 Å². The first-order valence-electron chi connectivity index (χ1n) is 9.81. The van der Waals surface area contributed by atoms with E-state index in [1.165, 1.54) is 42.4 Å². The molecule has 1 atom stereocenters. The van der Waals surface area contributed by atoms with E-state index >= 15 is 0 Å². The second-order valence-electron chi connectivity index (χ2n) is 7.50. The molecule has 0 fully saturated rings. The van der Waals surface area contributed by atoms with Crippen molar-refractivity contribution in [2.24, 2.45) is 5.92 Å². The molecule has 0 amide bonds. The fraction of sp³-hybridized carbons (Fsp3) is 0.360. The summed E-state index contributed by atoms with van der Waals surface area (Å²) in [6, 6.07) is 18.9. The van der Waals surface area contributed by atoms with Crippen LogP contribution in [0, 0.1) is 5.92 Å². The Hall–Kier alpha value is -2.28. The van der Waals surface area contributed by atoms with E-state index in [1.807, 2.05) is 0 Å². The van der Waals surface area contributed by atoms with E-state index in [1.54, 1.807) is 5.57 Å². The van der Waals surface area contributed by atoms with Gasteiger partial charge in [-0.3, -0.25) is 0 Å². The zero-order valence-corrected chi connectivity index (χ0v) is 16.1. The van der Waals surface area contributed by atoms with Crippen LogP contribution in [0.1, 0.15) is 46.0 Å². The van der Waals surface area contributed by atoms with Crippen molar-refractivity contribution in [2.45, 2.75) is 46.0 Å². The minimum absolute atomic E-state index is 0.631. The Morgan fingerprint density at radius 1 is 1.04 bits per heavy atom. The average molecular weight is 347 g/mol. The van der Waals surface area contributed by atoms with Gasteiger partial charge in [0.1, 0.15) is 5.75 Å². The topological polar surface area (TPSA) is 9.23 Å². The van der Waals surface area contributed by atoms with Crippen molar-refractivity contribution in [2.75, 3.05) is 6.61 Å². The zero-order chi connectivity index (χ0) is 18.2. The lowest BCUT2D eigenvalue weighted by atomic mass is 9.88. The lowest BCUT2D eigenvalue weighted by Crippen LogP contribution is -2.15. The smallest absolute Gasteiger partial charge is 0.127 e. The molecule has 1 nitrogen and oxygen atoms in total. The number of para-hydroxylation sites is 1. The average Bonchev–Trinajstić information content (AvgIpc) is 2.68. The van der Waals surface area contributed by atoms with E-state index in [0.717, 1.165) is 18.8 Å². The van der Waals surface area contributed by atoms with Gasteiger partial charge < -0.3 is 4.74 Å². The predicted molar refractivity (Wildman–Crippen MR) is 111 cm³/mol. The fourth-order valence-corrected chi connectivity index (χ4v) is 3.52. The molecule has 1 heteroatoms. The van der Waals surface area contributed by atoms with Gasteiger partial charge >= 0.3 is 0 Å². The molecule has 26 heavy (non-hydrogen) atoms. The number of rotatable bonds is 7. The van der Waals surface area contributed by atoms with Gasteiger partial charge in [-0.1, -0.05) is 71.8 Å². The Bertz CT molecular complexity index is 751. The molecule has 0 spiro atoms. The molecule has 0 saturated heterocycles. The monoisotopic (exact) mass is 346 g/mol. The summed E-state index contributed by atoms with van der Waals surface area (Å²) in [5.41, 5.74) is 5.45. The standard InChI is InChI=1S/C25H30O/c1-20(2)9-8-10-21-15-17-22(18-16-21)19-26-25-14-7-6-13-24(25)23-11-4-3-5-12-23/h3-7,9,11-15,22H,8,10,16-19H2,1-2H3. The highest BCUT2D eigenvalue weighted by Gasteiger charge is 2.16. The number of allylic oxidation sites excluding steroid dienone is 4. The third-order valence-corrected chi connectivity index (χ3v) is 5.08. The quantitative estimate of drug-likeness (QED) is 0.481. The van der Waals surface area contributed by atoms with E-state index < -0.39 is 0 Å². The normalized spacial score (nSPS) is 16.7. The number of benzene rings is 2. The Balaban J connectivity index is 1.55. The third-order valence-electron chi connectivity index (χ3n) is 5.08. The number of ether oxygens (including phenoxy) is 1. The van der Waals surface area contributed by atoms with Crippen molar-refractivity contribution in [1.29, 1.82) is 0 Å². The van der Waals surface area contributed by atoms with Crippen LogP contribution in [0.3, 0.4) is 0 Å². The molecule has 2 aromatic rings. The Morgan fingerprint density at radius 3 is 2.54 bits per heavy atom. The Kier molecular flexibility index (Phi) is 6.71. The SMILES string of the molecule is CC(C)=CCCC1=CCC(COc2ccccc2-c2ccccc2)CC1. The van der Waals surface area contributed by atoms with Gasteiger partial charge in [-0.2, -0.15) is 0 Å². The molecular formula is C25H30O. The molecule has 2 aromatic carbocycles. The van der Waals surface area contributed by atoms with Crippen LogP contribution in [0.4, 0.5) is 0 Å². The summed E-state index contributed by atoms with van der Waals surface area (Å²) in [5.74, 6) is 1.63. The first kappa shape index (κ1) is 18.5. The Labute approximate surface area is 158 Å². The minimum atomic E-state index is 0.631. The first-order chi connectivity index (χ1) is 12.7. The summed E-state index contributed by atoms with van der Waals surface area (Å²) < 4.78 is 6.24. The van der Waals surface area contributed by atoms with Crippen LogP contribution in [0.2, 0.25) is 0 Å². The molecule has 0 N–H and O–H groups in total. The van der Waals surface area contributed by atoms with Gasteiger partial charge in [0.2, 0.25) is 0 Å². The van der Waals surface area contributed by atoms with Crippen LogP contribution < -0.4 is 4.74 Å². The van der Waals surface area contributed by atoms with Crippen LogP contribution in [-0.4, -0.2) is 6.61 Å². The molecule has 0 heterocycles. The van der Waals surface area contributed by atoms with E-state index in [4.69, 9.17) is 4.74 Å². The molecule has 1 aliphatic carbocycles. The largest absolute Gasteiger partial charge is 0.493 e. The van der Waals surface area contributed by atoms with Crippen LogP contribution in [0.25, 0.3) is 11.1 Å². The van der Waals surface area contributed by atoms with E-state index in [-0.39, 0.29) is 0 Å². The van der Waals surface area contributed by atoms with Gasteiger partial charge in [-0.15, -0.1) is 0 Å². The molecule has 0 saturated carbocycles. The maximum atomic E-state index is 6.24. The number of hydrogen-bond donors (Lipinski definition) is 0. The minimum Gasteiger partial charge on any atom is -0.493 e. The highest BCUT2D eigenvalue weighted by atomic mass is 16.5. The summed E-state index contributed by atoms with van der Waals surface area (Å²) in [6.45, 7) is 5.16. The molecule has 1 unspecified atom stereocenters. The lowest BCUT2D eigenvalue weighted by molar-refractivity contribution is 0.237. The van der Waals surface area contributed by atoms with Gasteiger partial charge in [0, 0.05) is 5.56 Å². The van der Waals surface area contributed by atoms with Gasteiger partial charge in [0.05, 0.1) is 6.61 Å². The van der Waals surface area contributed by atoms with E-state index in [2.05, 4.69) is 80.6 Å². The second kappa shape index (κ2) is 9.43. The molecule has 0 aliphatic heterocycles. The van der Waals surface area contributed by atoms with Gasteiger partial charge in [0.25, 0.3) is 0 Å². The van der Waals surface area contributed by atoms with Crippen molar-refractivity contribution >= 4 is 0 Å². The van der Waals surface area contributed by atoms with Crippen LogP contribution in [-0.2, 0) is 0 Å². The second-order valence-corrected chi connectivity index (χ2v) is 7.50. The van der Waals surface area contributed by atoms with E-state index in [9.17, 15) is 0 Å². The maximum Gasteiger partial charge on any atom is 0.127 e.